The summed E-state index contributed by atoms with van der Waals surface area (Å²) < 4.78 is 29.2. The zero-order valence-electron chi connectivity index (χ0n) is 12.1. The van der Waals surface area contributed by atoms with E-state index in [9.17, 15) is 13.6 Å². The van der Waals surface area contributed by atoms with E-state index in [4.69, 9.17) is 0 Å². The molecule has 1 amide bonds. The summed E-state index contributed by atoms with van der Waals surface area (Å²) in [4.78, 5) is 15.3. The van der Waals surface area contributed by atoms with Gasteiger partial charge in [0, 0.05) is 17.1 Å². The largest absolute Gasteiger partial charge is 0.433 e. The predicted molar refractivity (Wildman–Crippen MR) is 83.7 cm³/mol. The third-order valence-corrected chi connectivity index (χ3v) is 3.40. The molecule has 0 atom stereocenters. The molecule has 3 rings (SSSR count). The highest BCUT2D eigenvalue weighted by Gasteiger charge is 2.13. The van der Waals surface area contributed by atoms with Crippen LogP contribution >= 0.6 is 0 Å². The topological polar surface area (TPSA) is 54.1 Å². The van der Waals surface area contributed by atoms with Crippen molar-refractivity contribution in [3.05, 3.63) is 60.3 Å². The number of aromatic nitrogens is 1. The van der Waals surface area contributed by atoms with Crippen LogP contribution in [0.15, 0.2) is 54.7 Å². The summed E-state index contributed by atoms with van der Waals surface area (Å²) in [6.45, 7) is -2.94. The molecular weight excluding hydrogens is 302 g/mol. The normalized spacial score (nSPS) is 10.9. The van der Waals surface area contributed by atoms with Gasteiger partial charge < -0.3 is 15.0 Å². The lowest BCUT2D eigenvalue weighted by atomic mass is 10.1. The molecule has 23 heavy (non-hydrogen) atoms. The molecule has 4 nitrogen and oxygen atoms in total. The second kappa shape index (κ2) is 6.48. The van der Waals surface area contributed by atoms with Crippen molar-refractivity contribution >= 4 is 22.5 Å². The molecule has 6 heteroatoms. The average Bonchev–Trinajstić information content (AvgIpc) is 2.92. The Balaban J connectivity index is 1.75. The molecule has 0 radical (unpaired) electrons. The van der Waals surface area contributed by atoms with Crippen molar-refractivity contribution in [1.29, 1.82) is 0 Å². The quantitative estimate of drug-likeness (QED) is 0.749. The number of aromatic amines is 1. The fourth-order valence-corrected chi connectivity index (χ4v) is 2.41. The fourth-order valence-electron chi connectivity index (χ4n) is 2.41. The van der Waals surface area contributed by atoms with Gasteiger partial charge in [0.25, 0.3) is 0 Å². The third-order valence-electron chi connectivity index (χ3n) is 3.40. The van der Waals surface area contributed by atoms with E-state index in [1.807, 2.05) is 24.3 Å². The Hall–Kier alpha value is -2.89. The van der Waals surface area contributed by atoms with Gasteiger partial charge in [-0.3, -0.25) is 4.79 Å². The summed E-state index contributed by atoms with van der Waals surface area (Å²) in [6, 6.07) is 13.7. The number of rotatable bonds is 5. The molecule has 2 aromatic carbocycles. The van der Waals surface area contributed by atoms with Crippen molar-refractivity contribution in [1.82, 2.24) is 4.98 Å². The van der Waals surface area contributed by atoms with E-state index in [1.165, 1.54) is 12.1 Å². The van der Waals surface area contributed by atoms with Gasteiger partial charge in [-0.15, -0.1) is 0 Å². The summed E-state index contributed by atoms with van der Waals surface area (Å²) in [5, 5.41) is 3.57. The van der Waals surface area contributed by atoms with Crippen LogP contribution in [0.4, 0.5) is 14.5 Å². The maximum absolute atomic E-state index is 12.4. The number of carbonyl (C=O) groups is 1. The molecule has 1 heterocycles. The SMILES string of the molecule is O=C(Cc1c[nH]c2ccccc12)Nc1ccccc1OC(F)F. The standard InChI is InChI=1S/C17H14F2N2O2/c18-17(19)23-15-8-4-3-7-14(15)21-16(22)9-11-10-20-13-6-2-1-5-12(11)13/h1-8,10,17,20H,9H2,(H,21,22). The zero-order valence-corrected chi connectivity index (χ0v) is 12.1. The van der Waals surface area contributed by atoms with Gasteiger partial charge in [-0.2, -0.15) is 8.78 Å². The van der Waals surface area contributed by atoms with Gasteiger partial charge in [0.1, 0.15) is 5.75 Å². The number of para-hydroxylation sites is 3. The Bertz CT molecular complexity index is 830. The molecule has 0 spiro atoms. The van der Waals surface area contributed by atoms with Crippen LogP contribution in [0.5, 0.6) is 5.75 Å². The first kappa shape index (κ1) is 15.0. The molecule has 0 fully saturated rings. The number of benzene rings is 2. The van der Waals surface area contributed by atoms with Crippen molar-refractivity contribution in [3.63, 3.8) is 0 Å². The first-order valence-electron chi connectivity index (χ1n) is 7.02. The smallest absolute Gasteiger partial charge is 0.387 e. The van der Waals surface area contributed by atoms with Crippen molar-refractivity contribution < 1.29 is 18.3 Å². The van der Waals surface area contributed by atoms with Gasteiger partial charge >= 0.3 is 6.61 Å². The van der Waals surface area contributed by atoms with Crippen molar-refractivity contribution in [2.45, 2.75) is 13.0 Å². The number of hydrogen-bond donors (Lipinski definition) is 2. The van der Waals surface area contributed by atoms with Crippen LogP contribution in [-0.2, 0) is 11.2 Å². The van der Waals surface area contributed by atoms with Crippen molar-refractivity contribution in [2.24, 2.45) is 0 Å². The first-order chi connectivity index (χ1) is 11.1. The molecule has 1 aromatic heterocycles. The van der Waals surface area contributed by atoms with Crippen LogP contribution in [0.25, 0.3) is 10.9 Å². The van der Waals surface area contributed by atoms with Crippen molar-refractivity contribution in [3.8, 4) is 5.75 Å². The van der Waals surface area contributed by atoms with Gasteiger partial charge in [0.15, 0.2) is 0 Å². The minimum Gasteiger partial charge on any atom is -0.433 e. The van der Waals surface area contributed by atoms with Gasteiger partial charge in [-0.25, -0.2) is 0 Å². The highest BCUT2D eigenvalue weighted by molar-refractivity contribution is 5.96. The lowest BCUT2D eigenvalue weighted by Crippen LogP contribution is -2.15. The number of ether oxygens (including phenoxy) is 1. The molecule has 0 aliphatic heterocycles. The van der Waals surface area contributed by atoms with Crippen LogP contribution in [0.2, 0.25) is 0 Å². The van der Waals surface area contributed by atoms with E-state index >= 15 is 0 Å². The number of alkyl halides is 2. The highest BCUT2D eigenvalue weighted by Crippen LogP contribution is 2.26. The van der Waals surface area contributed by atoms with E-state index < -0.39 is 6.61 Å². The van der Waals surface area contributed by atoms with Crippen LogP contribution in [0, 0.1) is 0 Å². The summed E-state index contributed by atoms with van der Waals surface area (Å²) >= 11 is 0. The van der Waals surface area contributed by atoms with E-state index in [-0.39, 0.29) is 23.8 Å². The fraction of sp³-hybridized carbons (Fsp3) is 0.118. The number of fused-ring (bicyclic) bond motifs is 1. The number of amides is 1. The minimum absolute atomic E-state index is 0.0604. The molecule has 118 valence electrons. The Morgan fingerprint density at radius 3 is 2.70 bits per heavy atom. The molecular formula is C17H14F2N2O2. The molecule has 0 aliphatic rings. The molecule has 0 saturated heterocycles. The van der Waals surface area contributed by atoms with E-state index in [0.29, 0.717) is 0 Å². The van der Waals surface area contributed by atoms with Crippen LogP contribution in [0.1, 0.15) is 5.56 Å². The highest BCUT2D eigenvalue weighted by atomic mass is 19.3. The Morgan fingerprint density at radius 1 is 1.13 bits per heavy atom. The maximum Gasteiger partial charge on any atom is 0.387 e. The molecule has 0 aliphatic carbocycles. The molecule has 3 aromatic rings. The summed E-state index contributed by atoms with van der Waals surface area (Å²) in [5.41, 5.74) is 2.00. The summed E-state index contributed by atoms with van der Waals surface area (Å²) in [6.07, 6.45) is 1.90. The number of nitrogens with one attached hydrogen (secondary N) is 2. The van der Waals surface area contributed by atoms with Crippen molar-refractivity contribution in [2.75, 3.05) is 5.32 Å². The third kappa shape index (κ3) is 3.48. The second-order valence-corrected chi connectivity index (χ2v) is 4.96. The van der Waals surface area contributed by atoms with E-state index in [1.54, 1.807) is 18.3 Å². The monoisotopic (exact) mass is 316 g/mol. The maximum atomic E-state index is 12.4. The Kier molecular flexibility index (Phi) is 4.23. The van der Waals surface area contributed by atoms with E-state index in [2.05, 4.69) is 15.0 Å². The lowest BCUT2D eigenvalue weighted by molar-refractivity contribution is -0.115. The Labute approximate surface area is 131 Å². The molecule has 0 saturated carbocycles. The number of halogens is 2. The zero-order chi connectivity index (χ0) is 16.2. The molecule has 0 unspecified atom stereocenters. The van der Waals surface area contributed by atoms with Gasteiger partial charge in [0.2, 0.25) is 5.91 Å². The average molecular weight is 316 g/mol. The van der Waals surface area contributed by atoms with Gasteiger partial charge in [-0.1, -0.05) is 30.3 Å². The first-order valence-corrected chi connectivity index (χ1v) is 7.02. The van der Waals surface area contributed by atoms with Crippen LogP contribution in [-0.4, -0.2) is 17.5 Å². The molecule has 0 bridgehead atoms. The second-order valence-electron chi connectivity index (χ2n) is 4.96. The number of hydrogen-bond acceptors (Lipinski definition) is 2. The van der Waals surface area contributed by atoms with Crippen LogP contribution in [0.3, 0.4) is 0 Å². The lowest BCUT2D eigenvalue weighted by Gasteiger charge is -2.11. The minimum atomic E-state index is -2.94. The number of carbonyl (C=O) groups excluding carboxylic acids is 1. The number of H-pyrrole nitrogens is 1. The van der Waals surface area contributed by atoms with Gasteiger partial charge in [0.05, 0.1) is 12.1 Å². The van der Waals surface area contributed by atoms with Gasteiger partial charge in [-0.05, 0) is 23.8 Å². The Morgan fingerprint density at radius 2 is 1.87 bits per heavy atom. The molecule has 2 N–H and O–H groups in total. The predicted octanol–water partition coefficient (Wildman–Crippen LogP) is 3.95. The summed E-state index contributed by atoms with van der Waals surface area (Å²) in [7, 11) is 0. The van der Waals surface area contributed by atoms with E-state index in [0.717, 1.165) is 16.5 Å². The van der Waals surface area contributed by atoms with Crippen LogP contribution < -0.4 is 10.1 Å². The number of anilines is 1. The summed E-state index contributed by atoms with van der Waals surface area (Å²) in [5.74, 6) is -0.366.